The van der Waals surface area contributed by atoms with Crippen molar-refractivity contribution < 1.29 is 23.8 Å². The van der Waals surface area contributed by atoms with E-state index in [0.717, 1.165) is 62.4 Å². The van der Waals surface area contributed by atoms with Crippen molar-refractivity contribution in [1.29, 1.82) is 0 Å². The summed E-state index contributed by atoms with van der Waals surface area (Å²) in [5.41, 5.74) is 3.23. The lowest BCUT2D eigenvalue weighted by Gasteiger charge is -2.33. The molecule has 0 saturated carbocycles. The minimum Gasteiger partial charge on any atom is -0.490 e. The number of esters is 1. The third-order valence-corrected chi connectivity index (χ3v) is 7.66. The van der Waals surface area contributed by atoms with Crippen LogP contribution in [0.5, 0.6) is 5.75 Å². The van der Waals surface area contributed by atoms with Crippen LogP contribution in [0, 0.1) is 0 Å². The Hall–Kier alpha value is -4.87. The van der Waals surface area contributed by atoms with Crippen molar-refractivity contribution >= 4 is 29.5 Å². The molecule has 3 aromatic rings. The number of hydrogen-bond acceptors (Lipinski definition) is 11. The predicted octanol–water partition coefficient (Wildman–Crippen LogP) is 4.41. The first-order chi connectivity index (χ1) is 21.4. The Kier molecular flexibility index (Phi) is 10.1. The highest BCUT2D eigenvalue weighted by atomic mass is 16.6. The van der Waals surface area contributed by atoms with Crippen molar-refractivity contribution in [2.24, 2.45) is 0 Å². The molecule has 0 radical (unpaired) electrons. The summed E-state index contributed by atoms with van der Waals surface area (Å²) < 4.78 is 16.2. The van der Waals surface area contributed by atoms with Crippen molar-refractivity contribution in [3.63, 3.8) is 0 Å². The average molecular weight is 602 g/mol. The van der Waals surface area contributed by atoms with Gasteiger partial charge in [0.15, 0.2) is 11.6 Å². The molecule has 0 aliphatic carbocycles. The first kappa shape index (κ1) is 30.6. The number of rotatable bonds is 11. The van der Waals surface area contributed by atoms with Gasteiger partial charge in [-0.05, 0) is 49.8 Å². The maximum atomic E-state index is 12.8. The number of amides is 1. The van der Waals surface area contributed by atoms with E-state index in [9.17, 15) is 9.59 Å². The molecule has 4 heterocycles. The minimum absolute atomic E-state index is 0.0422. The molecule has 0 spiro atoms. The molecule has 1 fully saturated rings. The molecule has 2 aliphatic rings. The number of piperidine rings is 1. The highest BCUT2D eigenvalue weighted by Gasteiger charge is 2.28. The first-order valence-electron chi connectivity index (χ1n) is 14.9. The van der Waals surface area contributed by atoms with E-state index >= 15 is 0 Å². The number of allylic oxidation sites excluding steroid dienone is 1. The number of nitrogens with one attached hydrogen (secondary N) is 3. The summed E-state index contributed by atoms with van der Waals surface area (Å²) in [5.74, 6) is 2.37. The zero-order valence-electron chi connectivity index (χ0n) is 25.2. The fourth-order valence-corrected chi connectivity index (χ4v) is 5.40. The Bertz CT molecular complexity index is 1460. The van der Waals surface area contributed by atoms with Crippen LogP contribution in [0.25, 0.3) is 0 Å². The van der Waals surface area contributed by atoms with Gasteiger partial charge in [0.05, 0.1) is 12.9 Å². The van der Waals surface area contributed by atoms with Crippen LogP contribution in [-0.2, 0) is 27.3 Å². The number of benzene rings is 1. The second-order valence-corrected chi connectivity index (χ2v) is 10.9. The number of alkyl carbamates (subject to hydrolysis) is 1. The van der Waals surface area contributed by atoms with Gasteiger partial charge in [0.2, 0.25) is 5.75 Å². The highest BCUT2D eigenvalue weighted by molar-refractivity contribution is 5.82. The zero-order chi connectivity index (χ0) is 30.9. The third-order valence-electron chi connectivity index (χ3n) is 7.66. The van der Waals surface area contributed by atoms with E-state index in [1.54, 1.807) is 14.0 Å². The SMILES string of the molecule is C=C(C)OC(=O)[C@H](CNc1ncnc(N2CCC(c3ccc4c(n3)NCCC4)CC2)c1OC)NC(=O)OCc1ccccc1. The fraction of sp³-hybridized carbons (Fsp3) is 0.406. The summed E-state index contributed by atoms with van der Waals surface area (Å²) in [6.07, 6.45) is 4.74. The van der Waals surface area contributed by atoms with Gasteiger partial charge in [-0.1, -0.05) is 43.0 Å². The molecule has 1 aromatic carbocycles. The van der Waals surface area contributed by atoms with Gasteiger partial charge < -0.3 is 35.1 Å². The number of carbonyl (C=O) groups is 2. The first-order valence-corrected chi connectivity index (χ1v) is 14.9. The summed E-state index contributed by atoms with van der Waals surface area (Å²) >= 11 is 0. The van der Waals surface area contributed by atoms with Crippen LogP contribution in [0.1, 0.15) is 48.9 Å². The van der Waals surface area contributed by atoms with E-state index in [1.165, 1.54) is 11.9 Å². The number of methoxy groups -OCH3 is 1. The fourth-order valence-electron chi connectivity index (χ4n) is 5.40. The summed E-state index contributed by atoms with van der Waals surface area (Å²) in [6.45, 7) is 7.70. The molecule has 1 saturated heterocycles. The molecular weight excluding hydrogens is 562 g/mol. The van der Waals surface area contributed by atoms with Crippen LogP contribution < -0.4 is 25.6 Å². The minimum atomic E-state index is -1.09. The van der Waals surface area contributed by atoms with Gasteiger partial charge in [-0.2, -0.15) is 0 Å². The van der Waals surface area contributed by atoms with Crippen LogP contribution in [-0.4, -0.2) is 66.3 Å². The van der Waals surface area contributed by atoms with E-state index < -0.39 is 18.1 Å². The molecule has 12 heteroatoms. The van der Waals surface area contributed by atoms with Crippen molar-refractivity contribution in [3.05, 3.63) is 78.0 Å². The van der Waals surface area contributed by atoms with Gasteiger partial charge in [0.25, 0.3) is 0 Å². The second-order valence-electron chi connectivity index (χ2n) is 10.9. The van der Waals surface area contributed by atoms with Gasteiger partial charge in [-0.25, -0.2) is 24.5 Å². The van der Waals surface area contributed by atoms with E-state index in [-0.39, 0.29) is 18.9 Å². The van der Waals surface area contributed by atoms with Gasteiger partial charge in [-0.15, -0.1) is 0 Å². The molecule has 5 rings (SSSR count). The molecule has 12 nitrogen and oxygen atoms in total. The molecule has 3 N–H and O–H groups in total. The maximum absolute atomic E-state index is 12.8. The number of hydrogen-bond donors (Lipinski definition) is 3. The van der Waals surface area contributed by atoms with Crippen LogP contribution in [0.15, 0.2) is 61.1 Å². The van der Waals surface area contributed by atoms with E-state index in [4.69, 9.17) is 19.2 Å². The number of ether oxygens (including phenoxy) is 3. The normalized spacial score (nSPS) is 15.3. The number of nitrogens with zero attached hydrogens (tertiary/aromatic N) is 4. The van der Waals surface area contributed by atoms with Gasteiger partial charge in [0, 0.05) is 37.8 Å². The second kappa shape index (κ2) is 14.5. The lowest BCUT2D eigenvalue weighted by Crippen LogP contribution is -2.46. The molecule has 2 aliphatic heterocycles. The largest absolute Gasteiger partial charge is 0.490 e. The monoisotopic (exact) mass is 601 g/mol. The van der Waals surface area contributed by atoms with Crippen LogP contribution in [0.2, 0.25) is 0 Å². The standard InChI is InChI=1S/C32H39N7O5/c1-21(2)44-31(40)26(38-32(41)43-19-22-8-5-4-6-9-22)18-34-29-27(42-3)30(36-20-35-29)39-16-13-23(14-17-39)25-12-11-24-10-7-15-33-28(24)37-25/h4-6,8-9,11-12,20,23,26H,1,7,10,13-19H2,2-3H3,(H,33,37)(H,38,41)(H,34,35,36)/t26-/m0/s1. The Morgan fingerprint density at radius 2 is 1.93 bits per heavy atom. The van der Waals surface area contributed by atoms with Crippen molar-refractivity contribution in [3.8, 4) is 5.75 Å². The van der Waals surface area contributed by atoms with Crippen molar-refractivity contribution in [2.45, 2.75) is 51.2 Å². The Balaban J connectivity index is 1.22. The maximum Gasteiger partial charge on any atom is 0.408 e. The van der Waals surface area contributed by atoms with Gasteiger partial charge in [0.1, 0.15) is 24.8 Å². The Labute approximate surface area is 257 Å². The summed E-state index contributed by atoms with van der Waals surface area (Å²) in [5, 5.41) is 9.13. The summed E-state index contributed by atoms with van der Waals surface area (Å²) in [6, 6.07) is 12.5. The number of pyridine rings is 1. The Morgan fingerprint density at radius 3 is 2.68 bits per heavy atom. The molecule has 1 atom stereocenters. The number of aromatic nitrogens is 3. The van der Waals surface area contributed by atoms with Gasteiger partial charge in [-0.3, -0.25) is 0 Å². The zero-order valence-corrected chi connectivity index (χ0v) is 25.2. The average Bonchev–Trinajstić information content (AvgIpc) is 3.05. The smallest absolute Gasteiger partial charge is 0.408 e. The van der Waals surface area contributed by atoms with E-state index in [2.05, 4.69) is 49.5 Å². The number of anilines is 3. The van der Waals surface area contributed by atoms with Gasteiger partial charge >= 0.3 is 12.1 Å². The highest BCUT2D eigenvalue weighted by Crippen LogP contribution is 2.36. The lowest BCUT2D eigenvalue weighted by molar-refractivity contribution is -0.141. The third kappa shape index (κ3) is 7.74. The molecule has 0 bridgehead atoms. The van der Waals surface area contributed by atoms with Crippen LogP contribution >= 0.6 is 0 Å². The summed E-state index contributed by atoms with van der Waals surface area (Å²) in [7, 11) is 1.55. The number of aryl methyl sites for hydroxylation is 1. The van der Waals surface area contributed by atoms with Crippen molar-refractivity contribution in [1.82, 2.24) is 20.3 Å². The van der Waals surface area contributed by atoms with Crippen LogP contribution in [0.4, 0.5) is 22.2 Å². The Morgan fingerprint density at radius 1 is 1.14 bits per heavy atom. The molecular formula is C32H39N7O5. The number of fused-ring (bicyclic) bond motifs is 1. The number of carbonyl (C=O) groups excluding carboxylic acids is 2. The van der Waals surface area contributed by atoms with E-state index in [1.807, 2.05) is 30.3 Å². The lowest BCUT2D eigenvalue weighted by atomic mass is 9.92. The topological polar surface area (TPSA) is 140 Å². The summed E-state index contributed by atoms with van der Waals surface area (Å²) in [4.78, 5) is 41.3. The van der Waals surface area contributed by atoms with Crippen molar-refractivity contribution in [2.75, 3.05) is 48.8 Å². The van der Waals surface area contributed by atoms with E-state index in [0.29, 0.717) is 23.3 Å². The molecule has 1 amide bonds. The van der Waals surface area contributed by atoms with Crippen LogP contribution in [0.3, 0.4) is 0 Å². The predicted molar refractivity (Wildman–Crippen MR) is 167 cm³/mol. The molecule has 2 aromatic heterocycles. The molecule has 232 valence electrons. The molecule has 0 unspecified atom stereocenters. The quantitative estimate of drug-likeness (QED) is 0.213. The molecule has 44 heavy (non-hydrogen) atoms.